The Labute approximate surface area is 111 Å². The zero-order chi connectivity index (χ0) is 13.1. The van der Waals surface area contributed by atoms with Crippen molar-refractivity contribution in [1.29, 1.82) is 0 Å². The fourth-order valence-corrected chi connectivity index (χ4v) is 1.80. The van der Waals surface area contributed by atoms with Crippen molar-refractivity contribution in [3.63, 3.8) is 0 Å². The number of aliphatic hydroxyl groups excluding tert-OH is 1. The minimum Gasteiger partial charge on any atom is -0.485 e. The predicted molar refractivity (Wildman–Crippen MR) is 69.6 cm³/mol. The van der Waals surface area contributed by atoms with Crippen LogP contribution in [0.3, 0.4) is 0 Å². The van der Waals surface area contributed by atoms with Gasteiger partial charge in [-0.1, -0.05) is 29.8 Å². The summed E-state index contributed by atoms with van der Waals surface area (Å²) in [5.41, 5.74) is 0.762. The minimum absolute atomic E-state index is 0.312. The van der Waals surface area contributed by atoms with Crippen molar-refractivity contribution in [2.24, 2.45) is 7.05 Å². The Morgan fingerprint density at radius 2 is 2.17 bits per heavy atom. The van der Waals surface area contributed by atoms with E-state index in [-0.39, 0.29) is 0 Å². The van der Waals surface area contributed by atoms with Gasteiger partial charge in [0.05, 0.1) is 12.3 Å². The number of rotatable bonds is 4. The molecule has 0 saturated heterocycles. The van der Waals surface area contributed by atoms with Crippen molar-refractivity contribution in [1.82, 2.24) is 9.55 Å². The third-order valence-electron chi connectivity index (χ3n) is 2.75. The summed E-state index contributed by atoms with van der Waals surface area (Å²) in [6, 6.07) is 7.40. The predicted octanol–water partition coefficient (Wildman–Crippen LogP) is 2.71. The van der Waals surface area contributed by atoms with Gasteiger partial charge in [0.25, 0.3) is 0 Å². The van der Waals surface area contributed by atoms with Gasteiger partial charge in [0.15, 0.2) is 0 Å². The van der Waals surface area contributed by atoms with Crippen molar-refractivity contribution < 1.29 is 9.84 Å². The number of hydrogen-bond donors (Lipinski definition) is 1. The van der Waals surface area contributed by atoms with Crippen molar-refractivity contribution in [3.8, 4) is 5.75 Å². The molecule has 0 fully saturated rings. The zero-order valence-electron chi connectivity index (χ0n) is 10.3. The topological polar surface area (TPSA) is 47.3 Å². The van der Waals surface area contributed by atoms with Crippen LogP contribution < -0.4 is 4.74 Å². The molecule has 0 aliphatic heterocycles. The molecule has 5 heteroatoms. The van der Waals surface area contributed by atoms with Crippen LogP contribution in [0.25, 0.3) is 0 Å². The van der Waals surface area contributed by atoms with E-state index in [1.807, 2.05) is 31.3 Å². The van der Waals surface area contributed by atoms with Gasteiger partial charge in [-0.3, -0.25) is 0 Å². The van der Waals surface area contributed by atoms with Gasteiger partial charge < -0.3 is 14.4 Å². The molecule has 0 radical (unpaired) electrons. The molecule has 2 rings (SSSR count). The summed E-state index contributed by atoms with van der Waals surface area (Å²) in [5.74, 6) is 1.40. The normalized spacial score (nSPS) is 12.4. The van der Waals surface area contributed by atoms with Crippen LogP contribution >= 0.6 is 11.6 Å². The van der Waals surface area contributed by atoms with Crippen LogP contribution in [0.5, 0.6) is 5.75 Å². The van der Waals surface area contributed by atoms with Gasteiger partial charge in [-0.25, -0.2) is 4.98 Å². The monoisotopic (exact) mass is 266 g/mol. The average molecular weight is 267 g/mol. The van der Waals surface area contributed by atoms with Gasteiger partial charge in [0, 0.05) is 12.6 Å². The Kier molecular flexibility index (Phi) is 3.89. The minimum atomic E-state index is -0.564. The fraction of sp³-hybridized carbons (Fsp3) is 0.308. The van der Waals surface area contributed by atoms with Gasteiger partial charge >= 0.3 is 0 Å². The van der Waals surface area contributed by atoms with Crippen LogP contribution in [0.1, 0.15) is 24.4 Å². The van der Waals surface area contributed by atoms with Gasteiger partial charge in [-0.2, -0.15) is 0 Å². The smallest absolute Gasteiger partial charge is 0.147 e. The number of ether oxygens (including phenoxy) is 1. The number of benzene rings is 1. The Morgan fingerprint density at radius 3 is 2.78 bits per heavy atom. The SMILES string of the molecule is C[C@@H](O)c1ccccc1OCc1ncc(Cl)n1C. The highest BCUT2D eigenvalue weighted by atomic mass is 35.5. The maximum Gasteiger partial charge on any atom is 0.147 e. The molecular formula is C13H15ClN2O2. The maximum atomic E-state index is 9.64. The lowest BCUT2D eigenvalue weighted by atomic mass is 10.1. The Balaban J connectivity index is 2.13. The van der Waals surface area contributed by atoms with Crippen LogP contribution in [-0.4, -0.2) is 14.7 Å². The summed E-state index contributed by atoms with van der Waals surface area (Å²) < 4.78 is 7.43. The summed E-state index contributed by atoms with van der Waals surface area (Å²) in [7, 11) is 1.83. The van der Waals surface area contributed by atoms with Crippen molar-refractivity contribution in [3.05, 3.63) is 47.0 Å². The van der Waals surface area contributed by atoms with Gasteiger partial charge in [0.2, 0.25) is 0 Å². The van der Waals surface area contributed by atoms with E-state index in [0.717, 1.165) is 11.4 Å². The average Bonchev–Trinajstić information content (AvgIpc) is 2.68. The summed E-state index contributed by atoms with van der Waals surface area (Å²) in [6.07, 6.45) is 1.02. The summed E-state index contributed by atoms with van der Waals surface area (Å²) >= 11 is 5.90. The van der Waals surface area contributed by atoms with Crippen molar-refractivity contribution in [2.45, 2.75) is 19.6 Å². The van der Waals surface area contributed by atoms with E-state index < -0.39 is 6.10 Å². The number of nitrogens with zero attached hydrogens (tertiary/aromatic N) is 2. The Morgan fingerprint density at radius 1 is 1.44 bits per heavy atom. The molecule has 96 valence electrons. The third kappa shape index (κ3) is 2.66. The highest BCUT2D eigenvalue weighted by Crippen LogP contribution is 2.25. The van der Waals surface area contributed by atoms with Crippen LogP contribution in [0.4, 0.5) is 0 Å². The number of hydrogen-bond acceptors (Lipinski definition) is 3. The summed E-state index contributed by atoms with van der Waals surface area (Å²) in [4.78, 5) is 4.15. The van der Waals surface area contributed by atoms with Crippen LogP contribution in [-0.2, 0) is 13.7 Å². The molecule has 1 atom stereocenters. The quantitative estimate of drug-likeness (QED) is 0.926. The first-order valence-electron chi connectivity index (χ1n) is 5.65. The van der Waals surface area contributed by atoms with Crippen LogP contribution in [0, 0.1) is 0 Å². The van der Waals surface area contributed by atoms with Crippen LogP contribution in [0.2, 0.25) is 5.15 Å². The molecule has 0 unspecified atom stereocenters. The number of halogens is 1. The highest BCUT2D eigenvalue weighted by molar-refractivity contribution is 6.29. The number of aromatic nitrogens is 2. The first-order valence-corrected chi connectivity index (χ1v) is 6.03. The lowest BCUT2D eigenvalue weighted by molar-refractivity contribution is 0.189. The van der Waals surface area contributed by atoms with E-state index >= 15 is 0 Å². The molecule has 1 aromatic carbocycles. The second kappa shape index (κ2) is 5.42. The second-order valence-corrected chi connectivity index (χ2v) is 4.45. The van der Waals surface area contributed by atoms with E-state index in [4.69, 9.17) is 16.3 Å². The molecule has 0 aliphatic carbocycles. The van der Waals surface area contributed by atoms with Crippen LogP contribution in [0.15, 0.2) is 30.5 Å². The first-order chi connectivity index (χ1) is 8.59. The summed E-state index contributed by atoms with van der Waals surface area (Å²) in [6.45, 7) is 2.02. The molecule has 0 saturated carbocycles. The molecule has 4 nitrogen and oxygen atoms in total. The van der Waals surface area contributed by atoms with E-state index in [0.29, 0.717) is 17.5 Å². The number of para-hydroxylation sites is 1. The lowest BCUT2D eigenvalue weighted by Gasteiger charge is -2.13. The number of aliphatic hydroxyl groups is 1. The van der Waals surface area contributed by atoms with E-state index in [1.165, 1.54) is 0 Å². The molecule has 1 aromatic heterocycles. The highest BCUT2D eigenvalue weighted by Gasteiger charge is 2.10. The zero-order valence-corrected chi connectivity index (χ0v) is 11.1. The Bertz CT molecular complexity index is 538. The lowest BCUT2D eigenvalue weighted by Crippen LogP contribution is -2.05. The van der Waals surface area contributed by atoms with E-state index in [2.05, 4.69) is 4.98 Å². The molecular weight excluding hydrogens is 252 g/mol. The second-order valence-electron chi connectivity index (χ2n) is 4.06. The molecule has 0 spiro atoms. The molecule has 0 aliphatic rings. The van der Waals surface area contributed by atoms with Crippen molar-refractivity contribution in [2.75, 3.05) is 0 Å². The van der Waals surface area contributed by atoms with Gasteiger partial charge in [-0.15, -0.1) is 0 Å². The molecule has 1 heterocycles. The third-order valence-corrected chi connectivity index (χ3v) is 3.10. The van der Waals surface area contributed by atoms with Crippen molar-refractivity contribution >= 4 is 11.6 Å². The molecule has 0 amide bonds. The molecule has 18 heavy (non-hydrogen) atoms. The Hall–Kier alpha value is -1.52. The van der Waals surface area contributed by atoms with Gasteiger partial charge in [-0.05, 0) is 13.0 Å². The van der Waals surface area contributed by atoms with E-state index in [1.54, 1.807) is 17.7 Å². The van der Waals surface area contributed by atoms with E-state index in [9.17, 15) is 5.11 Å². The van der Waals surface area contributed by atoms with Gasteiger partial charge in [0.1, 0.15) is 23.3 Å². The first kappa shape index (κ1) is 12.9. The maximum absolute atomic E-state index is 9.64. The number of imidazole rings is 1. The fourth-order valence-electron chi connectivity index (χ4n) is 1.66. The largest absolute Gasteiger partial charge is 0.485 e. The standard InChI is InChI=1S/C13H15ClN2O2/c1-9(17)10-5-3-4-6-11(10)18-8-13-15-7-12(14)16(13)2/h3-7,9,17H,8H2,1-2H3/t9-/m1/s1. The molecule has 2 aromatic rings. The molecule has 0 bridgehead atoms. The molecule has 1 N–H and O–H groups in total. The summed E-state index contributed by atoms with van der Waals surface area (Å²) in [5, 5.41) is 10.2.